The highest BCUT2D eigenvalue weighted by atomic mass is 16.6. The van der Waals surface area contributed by atoms with Crippen LogP contribution in [0.1, 0.15) is 23.0 Å². The van der Waals surface area contributed by atoms with Crippen molar-refractivity contribution in [2.24, 2.45) is 5.73 Å². The molecule has 6 heteroatoms. The van der Waals surface area contributed by atoms with Crippen molar-refractivity contribution in [2.45, 2.75) is 26.4 Å². The fraction of sp³-hybridized carbons (Fsp3) is 0.308. The second-order valence-electron chi connectivity index (χ2n) is 4.48. The number of benzene rings is 1. The molecule has 2 N–H and O–H groups in total. The molecule has 0 saturated carbocycles. The first-order valence-corrected chi connectivity index (χ1v) is 5.99. The predicted molar refractivity (Wildman–Crippen MR) is 71.7 cm³/mol. The molecular weight excluding hydrogens is 244 g/mol. The average molecular weight is 260 g/mol. The molecule has 0 saturated heterocycles. The predicted octanol–water partition coefficient (Wildman–Crippen LogP) is 2.11. The largest absolute Gasteiger partial charge is 0.322 e. The van der Waals surface area contributed by atoms with Gasteiger partial charge in [0.05, 0.1) is 11.5 Å². The van der Waals surface area contributed by atoms with Crippen LogP contribution in [0, 0.1) is 24.0 Å². The molecule has 0 aliphatic rings. The van der Waals surface area contributed by atoms with Crippen LogP contribution in [0.3, 0.4) is 0 Å². The zero-order valence-corrected chi connectivity index (χ0v) is 10.9. The number of hydrogen-bond acceptors (Lipinski definition) is 4. The zero-order valence-electron chi connectivity index (χ0n) is 10.9. The van der Waals surface area contributed by atoms with E-state index < -0.39 is 4.92 Å². The molecule has 0 amide bonds. The van der Waals surface area contributed by atoms with Crippen molar-refractivity contribution in [1.82, 2.24) is 9.78 Å². The van der Waals surface area contributed by atoms with Gasteiger partial charge in [-0.15, -0.1) is 0 Å². The normalized spacial score (nSPS) is 12.4. The van der Waals surface area contributed by atoms with Crippen molar-refractivity contribution in [3.05, 3.63) is 57.4 Å². The molecule has 0 fully saturated rings. The molecule has 19 heavy (non-hydrogen) atoms. The Balaban J connectivity index is 2.25. The second kappa shape index (κ2) is 5.19. The van der Waals surface area contributed by atoms with E-state index in [1.165, 1.54) is 0 Å². The third kappa shape index (κ3) is 2.63. The average Bonchev–Trinajstić information content (AvgIpc) is 2.65. The summed E-state index contributed by atoms with van der Waals surface area (Å²) in [6, 6.07) is 9.39. The Morgan fingerprint density at radius 3 is 2.53 bits per heavy atom. The fourth-order valence-corrected chi connectivity index (χ4v) is 2.12. The Hall–Kier alpha value is -2.21. The quantitative estimate of drug-likeness (QED) is 0.673. The Morgan fingerprint density at radius 1 is 1.37 bits per heavy atom. The molecule has 0 spiro atoms. The minimum absolute atomic E-state index is 0.0697. The van der Waals surface area contributed by atoms with Crippen LogP contribution < -0.4 is 5.73 Å². The van der Waals surface area contributed by atoms with Crippen molar-refractivity contribution < 1.29 is 4.92 Å². The van der Waals surface area contributed by atoms with Gasteiger partial charge in [-0.1, -0.05) is 30.3 Å². The fourth-order valence-electron chi connectivity index (χ4n) is 2.12. The summed E-state index contributed by atoms with van der Waals surface area (Å²) in [4.78, 5) is 10.5. The number of nitrogens with zero attached hydrogens (tertiary/aromatic N) is 3. The first-order chi connectivity index (χ1) is 9.00. The Kier molecular flexibility index (Phi) is 3.62. The Morgan fingerprint density at radius 2 is 2.00 bits per heavy atom. The number of nitrogens with two attached hydrogens (primary N) is 1. The highest BCUT2D eigenvalue weighted by Crippen LogP contribution is 2.23. The summed E-state index contributed by atoms with van der Waals surface area (Å²) in [6.45, 7) is 3.75. The topological polar surface area (TPSA) is 87.0 Å². The molecule has 1 unspecified atom stereocenters. The Labute approximate surface area is 111 Å². The van der Waals surface area contributed by atoms with Crippen LogP contribution in [-0.2, 0) is 6.54 Å². The molecule has 6 nitrogen and oxygen atoms in total. The van der Waals surface area contributed by atoms with Crippen LogP contribution in [0.15, 0.2) is 30.3 Å². The van der Waals surface area contributed by atoms with Gasteiger partial charge in [-0.2, -0.15) is 5.10 Å². The SMILES string of the molecule is Cc1nn(CC(N)c2ccccc2)c(C)c1[N+](=O)[O-]. The number of nitro groups is 1. The van der Waals surface area contributed by atoms with Gasteiger partial charge in [0.1, 0.15) is 11.4 Å². The van der Waals surface area contributed by atoms with Crippen molar-refractivity contribution in [2.75, 3.05) is 0 Å². The lowest BCUT2D eigenvalue weighted by molar-refractivity contribution is -0.386. The lowest BCUT2D eigenvalue weighted by Gasteiger charge is -2.12. The zero-order chi connectivity index (χ0) is 14.0. The van der Waals surface area contributed by atoms with Crippen LogP contribution in [0.2, 0.25) is 0 Å². The first kappa shape index (κ1) is 13.2. The van der Waals surface area contributed by atoms with Gasteiger partial charge in [-0.3, -0.25) is 14.8 Å². The number of aryl methyl sites for hydroxylation is 1. The van der Waals surface area contributed by atoms with E-state index in [-0.39, 0.29) is 11.7 Å². The monoisotopic (exact) mass is 260 g/mol. The Bertz CT molecular complexity index is 592. The van der Waals surface area contributed by atoms with Gasteiger partial charge < -0.3 is 5.73 Å². The number of rotatable bonds is 4. The maximum absolute atomic E-state index is 10.9. The van der Waals surface area contributed by atoms with E-state index in [0.29, 0.717) is 17.9 Å². The van der Waals surface area contributed by atoms with E-state index in [1.54, 1.807) is 18.5 Å². The number of hydrogen-bond donors (Lipinski definition) is 1. The molecule has 1 aromatic heterocycles. The smallest absolute Gasteiger partial charge is 0.312 e. The van der Waals surface area contributed by atoms with E-state index in [4.69, 9.17) is 5.73 Å². The maximum atomic E-state index is 10.9. The van der Waals surface area contributed by atoms with Gasteiger partial charge in [-0.05, 0) is 19.4 Å². The van der Waals surface area contributed by atoms with Crippen LogP contribution in [-0.4, -0.2) is 14.7 Å². The van der Waals surface area contributed by atoms with Crippen LogP contribution in [0.25, 0.3) is 0 Å². The molecular formula is C13H16N4O2. The standard InChI is InChI=1S/C13H16N4O2/c1-9-13(17(18)19)10(2)16(15-9)8-12(14)11-6-4-3-5-7-11/h3-7,12H,8,14H2,1-2H3. The third-order valence-corrected chi connectivity index (χ3v) is 3.12. The van der Waals surface area contributed by atoms with Gasteiger partial charge in [0, 0.05) is 6.04 Å². The lowest BCUT2D eigenvalue weighted by atomic mass is 10.1. The third-order valence-electron chi connectivity index (χ3n) is 3.12. The second-order valence-corrected chi connectivity index (χ2v) is 4.48. The molecule has 0 bridgehead atoms. The molecule has 2 aromatic rings. The summed E-state index contributed by atoms with van der Waals surface area (Å²) < 4.78 is 1.60. The summed E-state index contributed by atoms with van der Waals surface area (Å²) in [5.74, 6) is 0. The van der Waals surface area contributed by atoms with E-state index in [0.717, 1.165) is 5.56 Å². The van der Waals surface area contributed by atoms with E-state index in [9.17, 15) is 10.1 Å². The highest BCUT2D eigenvalue weighted by molar-refractivity contribution is 5.39. The molecule has 1 atom stereocenters. The van der Waals surface area contributed by atoms with E-state index in [2.05, 4.69) is 5.10 Å². The lowest BCUT2D eigenvalue weighted by Crippen LogP contribution is -2.19. The summed E-state index contributed by atoms with van der Waals surface area (Å²) in [6.07, 6.45) is 0. The van der Waals surface area contributed by atoms with Gasteiger partial charge in [0.25, 0.3) is 0 Å². The first-order valence-electron chi connectivity index (χ1n) is 5.99. The summed E-state index contributed by atoms with van der Waals surface area (Å²) >= 11 is 0. The molecule has 1 aromatic carbocycles. The maximum Gasteiger partial charge on any atom is 0.312 e. The van der Waals surface area contributed by atoms with Crippen LogP contribution in [0.4, 0.5) is 5.69 Å². The van der Waals surface area contributed by atoms with Crippen molar-refractivity contribution in [3.63, 3.8) is 0 Å². The van der Waals surface area contributed by atoms with Gasteiger partial charge >= 0.3 is 5.69 Å². The molecule has 0 radical (unpaired) electrons. The van der Waals surface area contributed by atoms with Crippen molar-refractivity contribution in [1.29, 1.82) is 0 Å². The molecule has 0 aliphatic carbocycles. The van der Waals surface area contributed by atoms with Gasteiger partial charge in [0.2, 0.25) is 0 Å². The highest BCUT2D eigenvalue weighted by Gasteiger charge is 2.22. The summed E-state index contributed by atoms with van der Waals surface area (Å²) in [7, 11) is 0. The van der Waals surface area contributed by atoms with Gasteiger partial charge in [-0.25, -0.2) is 0 Å². The molecule has 1 heterocycles. The molecule has 100 valence electrons. The molecule has 0 aliphatic heterocycles. The van der Waals surface area contributed by atoms with E-state index in [1.807, 2.05) is 30.3 Å². The van der Waals surface area contributed by atoms with Crippen molar-refractivity contribution >= 4 is 5.69 Å². The summed E-state index contributed by atoms with van der Waals surface area (Å²) in [5.41, 5.74) is 8.11. The summed E-state index contributed by atoms with van der Waals surface area (Å²) in [5, 5.41) is 15.1. The minimum Gasteiger partial charge on any atom is -0.322 e. The molecule has 2 rings (SSSR count). The van der Waals surface area contributed by atoms with E-state index >= 15 is 0 Å². The van der Waals surface area contributed by atoms with Gasteiger partial charge in [0.15, 0.2) is 0 Å². The number of aromatic nitrogens is 2. The minimum atomic E-state index is -0.401. The van der Waals surface area contributed by atoms with Crippen LogP contribution in [0.5, 0.6) is 0 Å². The van der Waals surface area contributed by atoms with Crippen molar-refractivity contribution in [3.8, 4) is 0 Å². The van der Waals surface area contributed by atoms with Crippen LogP contribution >= 0.6 is 0 Å².